The van der Waals surface area contributed by atoms with E-state index in [2.05, 4.69) is 16.9 Å². The zero-order chi connectivity index (χ0) is 14.8. The molecule has 3 rings (SSSR count). The van der Waals surface area contributed by atoms with Crippen LogP contribution in [0.15, 0.2) is 34.9 Å². The Morgan fingerprint density at radius 2 is 2.10 bits per heavy atom. The molecule has 5 heteroatoms. The third-order valence-corrected chi connectivity index (χ3v) is 4.28. The maximum atomic E-state index is 5.89. The van der Waals surface area contributed by atoms with Crippen LogP contribution >= 0.6 is 11.6 Å². The standard InChI is InChI=1S/C16H20ClN3O/c1-20(15(8-18)11-2-3-11)9-14-10-21-16(19-14)12-4-6-13(17)7-5-12/h4-7,10-11,15H,2-3,8-9,18H2,1H3. The summed E-state index contributed by atoms with van der Waals surface area (Å²) in [6.07, 6.45) is 4.31. The highest BCUT2D eigenvalue weighted by atomic mass is 35.5. The summed E-state index contributed by atoms with van der Waals surface area (Å²) in [5, 5.41) is 0.709. The van der Waals surface area contributed by atoms with Crippen molar-refractivity contribution in [3.05, 3.63) is 41.2 Å². The summed E-state index contributed by atoms with van der Waals surface area (Å²) in [6.45, 7) is 1.46. The Hall–Kier alpha value is -1.36. The smallest absolute Gasteiger partial charge is 0.226 e. The molecule has 1 aromatic heterocycles. The van der Waals surface area contributed by atoms with Gasteiger partial charge in [0.2, 0.25) is 5.89 Å². The number of benzene rings is 1. The van der Waals surface area contributed by atoms with E-state index >= 15 is 0 Å². The summed E-state index contributed by atoms with van der Waals surface area (Å²) in [6, 6.07) is 7.94. The van der Waals surface area contributed by atoms with Gasteiger partial charge < -0.3 is 10.2 Å². The second-order valence-corrected chi connectivity index (χ2v) is 6.14. The molecule has 0 aliphatic heterocycles. The van der Waals surface area contributed by atoms with Gasteiger partial charge in [0.15, 0.2) is 0 Å². The van der Waals surface area contributed by atoms with Gasteiger partial charge in [-0.25, -0.2) is 4.98 Å². The van der Waals surface area contributed by atoms with Crippen molar-refractivity contribution in [2.45, 2.75) is 25.4 Å². The number of hydrogen-bond acceptors (Lipinski definition) is 4. The van der Waals surface area contributed by atoms with Crippen LogP contribution in [0.1, 0.15) is 18.5 Å². The van der Waals surface area contributed by atoms with E-state index in [-0.39, 0.29) is 0 Å². The SMILES string of the molecule is CN(Cc1coc(-c2ccc(Cl)cc2)n1)C(CN)C1CC1. The monoisotopic (exact) mass is 305 g/mol. The van der Waals surface area contributed by atoms with Gasteiger partial charge in [-0.2, -0.15) is 0 Å². The Morgan fingerprint density at radius 1 is 1.38 bits per heavy atom. The number of rotatable bonds is 6. The van der Waals surface area contributed by atoms with E-state index in [9.17, 15) is 0 Å². The molecule has 21 heavy (non-hydrogen) atoms. The molecule has 0 bridgehead atoms. The second-order valence-electron chi connectivity index (χ2n) is 5.71. The van der Waals surface area contributed by atoms with Gasteiger partial charge in [0.1, 0.15) is 6.26 Å². The summed E-state index contributed by atoms with van der Waals surface area (Å²) < 4.78 is 5.57. The molecule has 2 aromatic rings. The molecule has 0 radical (unpaired) electrons. The second kappa shape index (κ2) is 6.18. The van der Waals surface area contributed by atoms with Gasteiger partial charge in [0.25, 0.3) is 0 Å². The summed E-state index contributed by atoms with van der Waals surface area (Å²) in [5.74, 6) is 1.38. The number of halogens is 1. The molecule has 1 aliphatic rings. The minimum atomic E-state index is 0.445. The number of nitrogens with two attached hydrogens (primary N) is 1. The number of oxazole rings is 1. The maximum absolute atomic E-state index is 5.89. The van der Waals surface area contributed by atoms with Crippen molar-refractivity contribution in [2.75, 3.05) is 13.6 Å². The van der Waals surface area contributed by atoms with E-state index < -0.39 is 0 Å². The van der Waals surface area contributed by atoms with Crippen LogP contribution in [0.4, 0.5) is 0 Å². The van der Waals surface area contributed by atoms with Crippen molar-refractivity contribution in [1.82, 2.24) is 9.88 Å². The minimum absolute atomic E-state index is 0.445. The topological polar surface area (TPSA) is 55.3 Å². The average molecular weight is 306 g/mol. The molecule has 4 nitrogen and oxygen atoms in total. The van der Waals surface area contributed by atoms with Gasteiger partial charge in [0.05, 0.1) is 5.69 Å². The van der Waals surface area contributed by atoms with Crippen LogP contribution in [-0.4, -0.2) is 29.5 Å². The van der Waals surface area contributed by atoms with Crippen molar-refractivity contribution in [3.63, 3.8) is 0 Å². The normalized spacial score (nSPS) is 16.4. The van der Waals surface area contributed by atoms with E-state index in [4.69, 9.17) is 21.8 Å². The number of aromatic nitrogens is 1. The van der Waals surface area contributed by atoms with Gasteiger partial charge in [-0.15, -0.1) is 0 Å². The van der Waals surface area contributed by atoms with E-state index in [1.807, 2.05) is 24.3 Å². The van der Waals surface area contributed by atoms with Crippen LogP contribution < -0.4 is 5.73 Å². The zero-order valence-corrected chi connectivity index (χ0v) is 12.9. The van der Waals surface area contributed by atoms with Gasteiger partial charge in [-0.1, -0.05) is 11.6 Å². The lowest BCUT2D eigenvalue weighted by Crippen LogP contribution is -2.39. The first-order valence-electron chi connectivity index (χ1n) is 7.28. The highest BCUT2D eigenvalue weighted by Gasteiger charge is 2.33. The average Bonchev–Trinajstić information content (AvgIpc) is 3.20. The van der Waals surface area contributed by atoms with Crippen LogP contribution in [0.2, 0.25) is 5.02 Å². The largest absolute Gasteiger partial charge is 0.444 e. The van der Waals surface area contributed by atoms with E-state index in [0.717, 1.165) is 23.7 Å². The molecule has 112 valence electrons. The van der Waals surface area contributed by atoms with Gasteiger partial charge >= 0.3 is 0 Å². The summed E-state index contributed by atoms with van der Waals surface area (Å²) in [4.78, 5) is 6.83. The van der Waals surface area contributed by atoms with Crippen molar-refractivity contribution in [1.29, 1.82) is 0 Å². The maximum Gasteiger partial charge on any atom is 0.226 e. The molecule has 2 N–H and O–H groups in total. The summed E-state index contributed by atoms with van der Waals surface area (Å²) in [5.41, 5.74) is 7.75. The number of nitrogens with zero attached hydrogens (tertiary/aromatic N) is 2. The molecule has 1 aromatic carbocycles. The van der Waals surface area contributed by atoms with Gasteiger partial charge in [0, 0.05) is 29.7 Å². The Bertz CT molecular complexity index is 592. The van der Waals surface area contributed by atoms with E-state index in [0.29, 0.717) is 23.5 Å². The van der Waals surface area contributed by atoms with Gasteiger partial charge in [-0.3, -0.25) is 4.90 Å². The summed E-state index contributed by atoms with van der Waals surface area (Å²) in [7, 11) is 2.10. The van der Waals surface area contributed by atoms with Crippen LogP contribution in [0.5, 0.6) is 0 Å². The van der Waals surface area contributed by atoms with Crippen molar-refractivity contribution >= 4 is 11.6 Å². The Balaban J connectivity index is 1.68. The molecule has 0 spiro atoms. The fraction of sp³-hybridized carbons (Fsp3) is 0.438. The first kappa shape index (κ1) is 14.6. The molecule has 1 heterocycles. The van der Waals surface area contributed by atoms with Crippen LogP contribution in [-0.2, 0) is 6.54 Å². The number of likely N-dealkylation sites (N-methyl/N-ethyl adjacent to an activating group) is 1. The zero-order valence-electron chi connectivity index (χ0n) is 12.1. The highest BCUT2D eigenvalue weighted by Crippen LogP contribution is 2.35. The first-order valence-corrected chi connectivity index (χ1v) is 7.66. The van der Waals surface area contributed by atoms with Crippen molar-refractivity contribution in [2.24, 2.45) is 11.7 Å². The van der Waals surface area contributed by atoms with Crippen molar-refractivity contribution < 1.29 is 4.42 Å². The third kappa shape index (κ3) is 3.46. The number of hydrogen-bond donors (Lipinski definition) is 1. The molecular weight excluding hydrogens is 286 g/mol. The lowest BCUT2D eigenvalue weighted by Gasteiger charge is -2.25. The molecule has 1 aliphatic carbocycles. The quantitative estimate of drug-likeness (QED) is 0.890. The minimum Gasteiger partial charge on any atom is -0.444 e. The molecule has 1 saturated carbocycles. The molecule has 0 amide bonds. The lowest BCUT2D eigenvalue weighted by molar-refractivity contribution is 0.213. The Labute approximate surface area is 129 Å². The van der Waals surface area contributed by atoms with E-state index in [1.165, 1.54) is 12.8 Å². The molecular formula is C16H20ClN3O. The molecule has 1 unspecified atom stereocenters. The molecule has 1 atom stereocenters. The van der Waals surface area contributed by atoms with Crippen LogP contribution in [0, 0.1) is 5.92 Å². The van der Waals surface area contributed by atoms with Crippen LogP contribution in [0.3, 0.4) is 0 Å². The lowest BCUT2D eigenvalue weighted by atomic mass is 10.1. The fourth-order valence-electron chi connectivity index (χ4n) is 2.69. The van der Waals surface area contributed by atoms with Crippen molar-refractivity contribution in [3.8, 4) is 11.5 Å². The first-order chi connectivity index (χ1) is 10.2. The Kier molecular flexibility index (Phi) is 4.29. The predicted molar refractivity (Wildman–Crippen MR) is 84.0 cm³/mol. The third-order valence-electron chi connectivity index (χ3n) is 4.03. The van der Waals surface area contributed by atoms with Gasteiger partial charge in [-0.05, 0) is 50.1 Å². The van der Waals surface area contributed by atoms with E-state index in [1.54, 1.807) is 6.26 Å². The highest BCUT2D eigenvalue weighted by molar-refractivity contribution is 6.30. The summed E-state index contributed by atoms with van der Waals surface area (Å²) >= 11 is 5.89. The molecule has 1 fully saturated rings. The predicted octanol–water partition coefficient (Wildman–Crippen LogP) is 3.16. The van der Waals surface area contributed by atoms with Crippen LogP contribution in [0.25, 0.3) is 11.5 Å². The fourth-order valence-corrected chi connectivity index (χ4v) is 2.82. The molecule has 0 saturated heterocycles. The Morgan fingerprint density at radius 3 is 2.71 bits per heavy atom.